The van der Waals surface area contributed by atoms with E-state index in [1.165, 1.54) is 6.07 Å². The highest BCUT2D eigenvalue weighted by Crippen LogP contribution is 2.22. The maximum Gasteiger partial charge on any atom is 0.336 e. The molecule has 0 bridgehead atoms. The van der Waals surface area contributed by atoms with Crippen molar-refractivity contribution in [3.8, 4) is 5.75 Å². The van der Waals surface area contributed by atoms with Crippen LogP contribution in [0, 0.1) is 6.92 Å². The Morgan fingerprint density at radius 1 is 1.15 bits per heavy atom. The molecule has 6 nitrogen and oxygen atoms in total. The normalized spacial score (nSPS) is 11.0. The molecule has 0 saturated carbocycles. The first-order chi connectivity index (χ1) is 13.1. The number of fused-ring (bicyclic) bond motifs is 1. The predicted molar refractivity (Wildman–Crippen MR) is 102 cm³/mol. The first-order valence-electron chi connectivity index (χ1n) is 8.37. The fourth-order valence-corrected chi connectivity index (χ4v) is 2.94. The van der Waals surface area contributed by atoms with Gasteiger partial charge in [-0.05, 0) is 42.3 Å². The molecule has 7 heteroatoms. The van der Waals surface area contributed by atoms with E-state index in [0.29, 0.717) is 28.6 Å². The van der Waals surface area contributed by atoms with Gasteiger partial charge in [-0.1, -0.05) is 28.9 Å². The maximum absolute atomic E-state index is 11.5. The van der Waals surface area contributed by atoms with E-state index in [1.54, 1.807) is 10.7 Å². The number of halogens is 1. The number of aromatic nitrogens is 3. The second kappa shape index (κ2) is 7.25. The average Bonchev–Trinajstić information content (AvgIpc) is 3.09. The van der Waals surface area contributed by atoms with Crippen LogP contribution in [0.25, 0.3) is 11.0 Å². The van der Waals surface area contributed by atoms with Gasteiger partial charge in [-0.25, -0.2) is 9.48 Å². The molecule has 2 heterocycles. The van der Waals surface area contributed by atoms with Gasteiger partial charge in [0.1, 0.15) is 23.6 Å². The Morgan fingerprint density at radius 2 is 1.96 bits per heavy atom. The Kier molecular flexibility index (Phi) is 4.64. The molecular formula is C20H16ClN3O3. The highest BCUT2D eigenvalue weighted by atomic mass is 35.5. The molecule has 0 radical (unpaired) electrons. The van der Waals surface area contributed by atoms with Crippen LogP contribution in [0.4, 0.5) is 0 Å². The minimum atomic E-state index is -0.373. The summed E-state index contributed by atoms with van der Waals surface area (Å²) >= 11 is 5.90. The Bertz CT molecular complexity index is 1150. The molecule has 136 valence electrons. The molecule has 0 fully saturated rings. The van der Waals surface area contributed by atoms with Crippen LogP contribution >= 0.6 is 11.6 Å². The van der Waals surface area contributed by atoms with Crippen molar-refractivity contribution >= 4 is 22.6 Å². The summed E-state index contributed by atoms with van der Waals surface area (Å²) in [5, 5.41) is 9.82. The summed E-state index contributed by atoms with van der Waals surface area (Å²) in [6, 6.07) is 14.5. The first-order valence-corrected chi connectivity index (χ1v) is 8.75. The second-order valence-corrected chi connectivity index (χ2v) is 6.67. The molecule has 27 heavy (non-hydrogen) atoms. The lowest BCUT2D eigenvalue weighted by Gasteiger charge is -2.06. The number of ether oxygens (including phenoxy) is 1. The lowest BCUT2D eigenvalue weighted by Crippen LogP contribution is -2.00. The zero-order chi connectivity index (χ0) is 18.8. The molecule has 0 saturated heterocycles. The van der Waals surface area contributed by atoms with Gasteiger partial charge in [-0.15, -0.1) is 5.10 Å². The standard InChI is InChI=1S/C20H16ClN3O3/c1-13-8-20(25)27-19-9-17(6-7-18(13)19)26-12-16-11-24(23-22-16)10-14-2-4-15(21)5-3-14/h2-9,11H,10,12H2,1H3. The lowest BCUT2D eigenvalue weighted by molar-refractivity contribution is 0.301. The lowest BCUT2D eigenvalue weighted by atomic mass is 10.1. The van der Waals surface area contributed by atoms with E-state index >= 15 is 0 Å². The summed E-state index contributed by atoms with van der Waals surface area (Å²) in [6.07, 6.45) is 1.83. The van der Waals surface area contributed by atoms with E-state index in [2.05, 4.69) is 10.3 Å². The van der Waals surface area contributed by atoms with Gasteiger partial charge in [0.25, 0.3) is 0 Å². The molecule has 0 unspecified atom stereocenters. The summed E-state index contributed by atoms with van der Waals surface area (Å²) in [5.41, 5.74) is 2.79. The van der Waals surface area contributed by atoms with Gasteiger partial charge in [-0.3, -0.25) is 0 Å². The van der Waals surface area contributed by atoms with Crippen molar-refractivity contribution in [2.75, 3.05) is 0 Å². The van der Waals surface area contributed by atoms with Crippen molar-refractivity contribution in [1.29, 1.82) is 0 Å². The minimum Gasteiger partial charge on any atom is -0.487 e. The molecule has 4 rings (SSSR count). The van der Waals surface area contributed by atoms with Crippen LogP contribution in [-0.4, -0.2) is 15.0 Å². The molecule has 0 aliphatic rings. The van der Waals surface area contributed by atoms with Crippen LogP contribution in [0.3, 0.4) is 0 Å². The van der Waals surface area contributed by atoms with Crippen LogP contribution < -0.4 is 10.4 Å². The third-order valence-electron chi connectivity index (χ3n) is 4.15. The molecule has 0 spiro atoms. The number of benzene rings is 2. The van der Waals surface area contributed by atoms with Gasteiger partial charge in [-0.2, -0.15) is 0 Å². The molecule has 2 aromatic heterocycles. The van der Waals surface area contributed by atoms with Crippen molar-refractivity contribution in [3.63, 3.8) is 0 Å². The minimum absolute atomic E-state index is 0.266. The quantitative estimate of drug-likeness (QED) is 0.489. The summed E-state index contributed by atoms with van der Waals surface area (Å²) in [5.74, 6) is 0.600. The molecule has 2 aromatic carbocycles. The largest absolute Gasteiger partial charge is 0.487 e. The number of aryl methyl sites for hydroxylation is 1. The molecule has 0 aliphatic heterocycles. The summed E-state index contributed by atoms with van der Waals surface area (Å²) in [4.78, 5) is 11.5. The molecule has 0 amide bonds. The van der Waals surface area contributed by atoms with Gasteiger partial charge in [0, 0.05) is 22.5 Å². The third-order valence-corrected chi connectivity index (χ3v) is 4.41. The Hall–Kier alpha value is -3.12. The van der Waals surface area contributed by atoms with Gasteiger partial charge < -0.3 is 9.15 Å². The highest BCUT2D eigenvalue weighted by molar-refractivity contribution is 6.30. The summed E-state index contributed by atoms with van der Waals surface area (Å²) in [6.45, 7) is 2.74. The zero-order valence-corrected chi connectivity index (χ0v) is 15.3. The fraction of sp³-hybridized carbons (Fsp3) is 0.150. The third kappa shape index (κ3) is 4.01. The van der Waals surface area contributed by atoms with Crippen molar-refractivity contribution in [3.05, 3.63) is 87.0 Å². The van der Waals surface area contributed by atoms with E-state index in [0.717, 1.165) is 16.5 Å². The number of nitrogens with zero attached hydrogens (tertiary/aromatic N) is 3. The monoisotopic (exact) mass is 381 g/mol. The van der Waals surface area contributed by atoms with Crippen LogP contribution in [0.1, 0.15) is 16.8 Å². The summed E-state index contributed by atoms with van der Waals surface area (Å²) < 4.78 is 12.7. The van der Waals surface area contributed by atoms with Gasteiger partial charge >= 0.3 is 5.63 Å². The van der Waals surface area contributed by atoms with E-state index in [9.17, 15) is 4.79 Å². The van der Waals surface area contributed by atoms with Gasteiger partial charge in [0.15, 0.2) is 0 Å². The second-order valence-electron chi connectivity index (χ2n) is 6.23. The van der Waals surface area contributed by atoms with Crippen LogP contribution in [0.2, 0.25) is 5.02 Å². The topological polar surface area (TPSA) is 70.2 Å². The molecule has 4 aromatic rings. The SMILES string of the molecule is Cc1cc(=O)oc2cc(OCc3cn(Cc4ccc(Cl)cc4)nn3)ccc12. The van der Waals surface area contributed by atoms with Crippen LogP contribution in [0.15, 0.2) is 63.9 Å². The molecule has 0 aliphatic carbocycles. The van der Waals surface area contributed by atoms with Crippen LogP contribution in [-0.2, 0) is 13.2 Å². The number of hydrogen-bond donors (Lipinski definition) is 0. The molecule has 0 atom stereocenters. The van der Waals surface area contributed by atoms with Crippen molar-refractivity contribution in [2.45, 2.75) is 20.1 Å². The van der Waals surface area contributed by atoms with E-state index < -0.39 is 0 Å². The first kappa shape index (κ1) is 17.3. The molecular weight excluding hydrogens is 366 g/mol. The van der Waals surface area contributed by atoms with Gasteiger partial charge in [0.05, 0.1) is 12.7 Å². The Balaban J connectivity index is 1.44. The van der Waals surface area contributed by atoms with Gasteiger partial charge in [0.2, 0.25) is 0 Å². The highest BCUT2D eigenvalue weighted by Gasteiger charge is 2.06. The Morgan fingerprint density at radius 3 is 2.78 bits per heavy atom. The van der Waals surface area contributed by atoms with Crippen molar-refractivity contribution in [2.24, 2.45) is 0 Å². The number of rotatable bonds is 5. The van der Waals surface area contributed by atoms with Crippen molar-refractivity contribution < 1.29 is 9.15 Å². The van der Waals surface area contributed by atoms with E-state index in [1.807, 2.05) is 49.5 Å². The zero-order valence-electron chi connectivity index (χ0n) is 14.6. The average molecular weight is 382 g/mol. The number of hydrogen-bond acceptors (Lipinski definition) is 5. The van der Waals surface area contributed by atoms with Crippen LogP contribution in [0.5, 0.6) is 5.75 Å². The molecule has 0 N–H and O–H groups in total. The predicted octanol–water partition coefficient (Wildman–Crippen LogP) is 3.97. The van der Waals surface area contributed by atoms with E-state index in [-0.39, 0.29) is 12.2 Å². The van der Waals surface area contributed by atoms with E-state index in [4.69, 9.17) is 20.8 Å². The summed E-state index contributed by atoms with van der Waals surface area (Å²) in [7, 11) is 0. The van der Waals surface area contributed by atoms with Crippen molar-refractivity contribution in [1.82, 2.24) is 15.0 Å². The fourth-order valence-electron chi connectivity index (χ4n) is 2.81. The maximum atomic E-state index is 11.5. The Labute approximate surface area is 160 Å². The smallest absolute Gasteiger partial charge is 0.336 e.